The molecule has 2 aliphatic heterocycles. The first-order valence-corrected chi connectivity index (χ1v) is 10.9. The fraction of sp³-hybridized carbons (Fsp3) is 0.478. The van der Waals surface area contributed by atoms with Crippen LogP contribution in [0.25, 0.3) is 0 Å². The number of likely N-dealkylation sites (tertiary alicyclic amines) is 1. The average Bonchev–Trinajstić information content (AvgIpc) is 3.14. The van der Waals surface area contributed by atoms with Crippen LogP contribution in [0.1, 0.15) is 42.1 Å². The van der Waals surface area contributed by atoms with Crippen LogP contribution in [-0.4, -0.2) is 59.4 Å². The number of carbonyl (C=O) groups excluding carboxylic acids is 1. The van der Waals surface area contributed by atoms with E-state index in [1.807, 2.05) is 11.0 Å². The summed E-state index contributed by atoms with van der Waals surface area (Å²) >= 11 is 0. The molecule has 0 spiro atoms. The van der Waals surface area contributed by atoms with Gasteiger partial charge in [0.15, 0.2) is 0 Å². The van der Waals surface area contributed by atoms with Crippen LogP contribution in [0.15, 0.2) is 42.7 Å². The number of hydrogen-bond acceptors (Lipinski definition) is 5. The molecular formula is C23H27F3N4O2. The highest BCUT2D eigenvalue weighted by atomic mass is 19.4. The molecular weight excluding hydrogens is 421 g/mol. The van der Waals surface area contributed by atoms with Crippen molar-refractivity contribution < 1.29 is 22.7 Å². The number of carbonyl (C=O) groups is 1. The van der Waals surface area contributed by atoms with Crippen LogP contribution in [0.2, 0.25) is 0 Å². The maximum atomic E-state index is 13.1. The Morgan fingerprint density at radius 2 is 1.84 bits per heavy atom. The van der Waals surface area contributed by atoms with E-state index in [2.05, 4.69) is 26.4 Å². The summed E-state index contributed by atoms with van der Waals surface area (Å²) < 4.78 is 41.1. The van der Waals surface area contributed by atoms with Crippen molar-refractivity contribution in [1.82, 2.24) is 14.8 Å². The Bertz CT molecular complexity index is 930. The average molecular weight is 448 g/mol. The van der Waals surface area contributed by atoms with Gasteiger partial charge in [-0.05, 0) is 62.1 Å². The molecule has 0 N–H and O–H groups in total. The van der Waals surface area contributed by atoms with E-state index < -0.39 is 6.36 Å². The summed E-state index contributed by atoms with van der Waals surface area (Å²) in [5, 5.41) is 0. The smallest absolute Gasteiger partial charge is 0.406 e. The number of anilines is 1. The molecule has 1 aromatic carbocycles. The van der Waals surface area contributed by atoms with E-state index in [-0.39, 0.29) is 17.7 Å². The lowest BCUT2D eigenvalue weighted by atomic mass is 10.1. The molecule has 172 valence electrons. The van der Waals surface area contributed by atoms with Crippen molar-refractivity contribution in [2.75, 3.05) is 31.2 Å². The minimum Gasteiger partial charge on any atom is -0.406 e. The Kier molecular flexibility index (Phi) is 6.55. The number of amides is 1. The summed E-state index contributed by atoms with van der Waals surface area (Å²) in [6.45, 7) is 5.63. The van der Waals surface area contributed by atoms with E-state index in [9.17, 15) is 18.0 Å². The maximum absolute atomic E-state index is 13.1. The van der Waals surface area contributed by atoms with Gasteiger partial charge in [-0.3, -0.25) is 14.7 Å². The van der Waals surface area contributed by atoms with Crippen LogP contribution in [-0.2, 0) is 6.54 Å². The highest BCUT2D eigenvalue weighted by Gasteiger charge is 2.32. The van der Waals surface area contributed by atoms with E-state index in [0.717, 1.165) is 50.1 Å². The second-order valence-electron chi connectivity index (χ2n) is 8.39. The molecule has 0 saturated carbocycles. The third kappa shape index (κ3) is 5.32. The lowest BCUT2D eigenvalue weighted by molar-refractivity contribution is -0.274. The molecule has 2 aromatic rings. The van der Waals surface area contributed by atoms with Crippen LogP contribution in [0, 0.1) is 0 Å². The minimum atomic E-state index is -4.70. The van der Waals surface area contributed by atoms with Crippen molar-refractivity contribution in [3.05, 3.63) is 53.9 Å². The van der Waals surface area contributed by atoms with E-state index in [1.165, 1.54) is 12.1 Å². The number of alkyl halides is 3. The third-order valence-corrected chi connectivity index (χ3v) is 6.05. The molecule has 6 nitrogen and oxygen atoms in total. The molecule has 2 saturated heterocycles. The number of halogens is 3. The van der Waals surface area contributed by atoms with Crippen molar-refractivity contribution in [1.29, 1.82) is 0 Å². The molecule has 4 rings (SSSR count). The molecule has 2 aliphatic rings. The molecule has 0 bridgehead atoms. The number of benzene rings is 1. The zero-order valence-electron chi connectivity index (χ0n) is 18.0. The van der Waals surface area contributed by atoms with Gasteiger partial charge >= 0.3 is 6.36 Å². The van der Waals surface area contributed by atoms with Gasteiger partial charge in [0, 0.05) is 50.3 Å². The zero-order chi connectivity index (χ0) is 22.7. The van der Waals surface area contributed by atoms with Gasteiger partial charge in [0.25, 0.3) is 5.91 Å². The largest absolute Gasteiger partial charge is 0.573 e. The molecule has 9 heteroatoms. The van der Waals surface area contributed by atoms with E-state index in [4.69, 9.17) is 0 Å². The monoisotopic (exact) mass is 448 g/mol. The molecule has 1 amide bonds. The van der Waals surface area contributed by atoms with Crippen LogP contribution < -0.4 is 9.64 Å². The van der Waals surface area contributed by atoms with E-state index in [0.29, 0.717) is 18.8 Å². The van der Waals surface area contributed by atoms with Crippen molar-refractivity contribution in [3.63, 3.8) is 0 Å². The topological polar surface area (TPSA) is 48.9 Å². The Labute approximate surface area is 185 Å². The summed E-state index contributed by atoms with van der Waals surface area (Å²) in [7, 11) is 0. The van der Waals surface area contributed by atoms with Crippen molar-refractivity contribution in [2.45, 2.75) is 45.1 Å². The summed E-state index contributed by atoms with van der Waals surface area (Å²) in [6, 6.07) is 8.04. The summed E-state index contributed by atoms with van der Waals surface area (Å²) in [6.07, 6.45) is 1.89. The molecule has 1 atom stereocenters. The number of nitrogens with zero attached hydrogens (tertiary/aromatic N) is 4. The van der Waals surface area contributed by atoms with Crippen LogP contribution in [0.3, 0.4) is 0 Å². The SMILES string of the molecule is CC1CN(c2ccc(OC(F)(F)F)cc2)CN1Cc1ccncc1C(=O)N1CCCCC1. The van der Waals surface area contributed by atoms with E-state index in [1.54, 1.807) is 24.5 Å². The Hall–Kier alpha value is -2.81. The van der Waals surface area contributed by atoms with Crippen LogP contribution >= 0.6 is 0 Å². The standard InChI is InChI=1S/C23H27F3N4O2/c1-17-14-30(19-5-7-20(8-6-19)32-23(24,25)26)16-29(17)15-18-9-10-27-13-21(18)22(31)28-11-3-2-4-12-28/h5-10,13,17H,2-4,11-12,14-16H2,1H3. The van der Waals surface area contributed by atoms with Gasteiger partial charge in [-0.15, -0.1) is 13.2 Å². The Morgan fingerprint density at radius 3 is 2.53 bits per heavy atom. The summed E-state index contributed by atoms with van der Waals surface area (Å²) in [4.78, 5) is 23.5. The number of aromatic nitrogens is 1. The van der Waals surface area contributed by atoms with Crippen molar-refractivity contribution >= 4 is 11.6 Å². The second kappa shape index (κ2) is 9.36. The van der Waals surface area contributed by atoms with Crippen molar-refractivity contribution in [3.8, 4) is 5.75 Å². The van der Waals surface area contributed by atoms with Gasteiger partial charge in [-0.25, -0.2) is 0 Å². The van der Waals surface area contributed by atoms with Crippen LogP contribution in [0.4, 0.5) is 18.9 Å². The quantitative estimate of drug-likeness (QED) is 0.684. The van der Waals surface area contributed by atoms with Gasteiger partial charge in [-0.2, -0.15) is 0 Å². The Morgan fingerprint density at radius 1 is 1.12 bits per heavy atom. The van der Waals surface area contributed by atoms with Gasteiger partial charge in [0.2, 0.25) is 0 Å². The number of ether oxygens (including phenoxy) is 1. The summed E-state index contributed by atoms with van der Waals surface area (Å²) in [5.41, 5.74) is 2.42. The third-order valence-electron chi connectivity index (χ3n) is 6.05. The molecule has 32 heavy (non-hydrogen) atoms. The van der Waals surface area contributed by atoms with Gasteiger partial charge in [-0.1, -0.05) is 0 Å². The molecule has 0 radical (unpaired) electrons. The fourth-order valence-electron chi connectivity index (χ4n) is 4.34. The molecule has 2 fully saturated rings. The first-order valence-electron chi connectivity index (χ1n) is 10.9. The highest BCUT2D eigenvalue weighted by molar-refractivity contribution is 5.95. The first kappa shape index (κ1) is 22.4. The molecule has 3 heterocycles. The van der Waals surface area contributed by atoms with Gasteiger partial charge in [0.05, 0.1) is 12.2 Å². The normalized spacial score (nSPS) is 19.9. The van der Waals surface area contributed by atoms with Gasteiger partial charge in [0.1, 0.15) is 5.75 Å². The minimum absolute atomic E-state index is 0.0387. The first-order chi connectivity index (χ1) is 15.3. The predicted molar refractivity (Wildman–Crippen MR) is 114 cm³/mol. The number of pyridine rings is 1. The number of rotatable bonds is 5. The second-order valence-corrected chi connectivity index (χ2v) is 8.39. The maximum Gasteiger partial charge on any atom is 0.573 e. The molecule has 0 aliphatic carbocycles. The predicted octanol–water partition coefficient (Wildman–Crippen LogP) is 4.27. The van der Waals surface area contributed by atoms with Crippen LogP contribution in [0.5, 0.6) is 5.75 Å². The van der Waals surface area contributed by atoms with Crippen molar-refractivity contribution in [2.24, 2.45) is 0 Å². The van der Waals surface area contributed by atoms with E-state index >= 15 is 0 Å². The lowest BCUT2D eigenvalue weighted by Gasteiger charge is -2.28. The number of hydrogen-bond donors (Lipinski definition) is 0. The molecule has 1 unspecified atom stereocenters. The fourth-order valence-corrected chi connectivity index (χ4v) is 4.34. The lowest BCUT2D eigenvalue weighted by Crippen LogP contribution is -2.37. The molecule has 1 aromatic heterocycles. The zero-order valence-corrected chi connectivity index (χ0v) is 18.0. The van der Waals surface area contributed by atoms with Gasteiger partial charge < -0.3 is 14.5 Å². The summed E-state index contributed by atoms with van der Waals surface area (Å²) in [5.74, 6) is -0.195. The highest BCUT2D eigenvalue weighted by Crippen LogP contribution is 2.28. The number of piperidine rings is 1. The Balaban J connectivity index is 1.43.